The van der Waals surface area contributed by atoms with Crippen molar-refractivity contribution in [2.24, 2.45) is 0 Å². The van der Waals surface area contributed by atoms with Crippen LogP contribution in [0.3, 0.4) is 0 Å². The lowest BCUT2D eigenvalue weighted by Gasteiger charge is -2.34. The first-order valence-corrected chi connectivity index (χ1v) is 11.0. The second-order valence-corrected chi connectivity index (χ2v) is 7.64. The summed E-state index contributed by atoms with van der Waals surface area (Å²) in [6, 6.07) is 9.39. The first-order chi connectivity index (χ1) is 14.1. The SMILES string of the molecule is CSCc1cc(N2CCOC[C@@H]2C)nc(-c2ccc(NC(=O)NCCO)cc2)n1. The summed E-state index contributed by atoms with van der Waals surface area (Å²) in [5.74, 6) is 2.40. The van der Waals surface area contributed by atoms with Crippen molar-refractivity contribution < 1.29 is 14.6 Å². The number of carbonyl (C=O) groups excluding carboxylic acids is 1. The van der Waals surface area contributed by atoms with Crippen LogP contribution in [0.25, 0.3) is 11.4 Å². The number of nitrogens with one attached hydrogen (secondary N) is 2. The molecule has 1 aliphatic heterocycles. The third-order valence-electron chi connectivity index (χ3n) is 4.52. The van der Waals surface area contributed by atoms with Crippen LogP contribution in [0, 0.1) is 0 Å². The fraction of sp³-hybridized carbons (Fsp3) is 0.450. The van der Waals surface area contributed by atoms with Gasteiger partial charge in [-0.25, -0.2) is 14.8 Å². The zero-order valence-electron chi connectivity index (χ0n) is 16.7. The fourth-order valence-corrected chi connectivity index (χ4v) is 3.54. The molecule has 9 heteroatoms. The minimum absolute atomic E-state index is 0.0970. The molecule has 2 aromatic rings. The van der Waals surface area contributed by atoms with Crippen LogP contribution in [0.1, 0.15) is 12.6 Å². The van der Waals surface area contributed by atoms with E-state index in [0.717, 1.165) is 29.4 Å². The van der Waals surface area contributed by atoms with Crippen molar-refractivity contribution in [2.75, 3.05) is 49.4 Å². The van der Waals surface area contributed by atoms with Gasteiger partial charge in [0.2, 0.25) is 0 Å². The molecule has 29 heavy (non-hydrogen) atoms. The van der Waals surface area contributed by atoms with Crippen molar-refractivity contribution in [1.29, 1.82) is 0 Å². The first kappa shape index (κ1) is 21.4. The summed E-state index contributed by atoms with van der Waals surface area (Å²) in [6.07, 6.45) is 2.06. The number of aromatic nitrogens is 2. The van der Waals surface area contributed by atoms with E-state index in [2.05, 4.69) is 34.8 Å². The van der Waals surface area contributed by atoms with Crippen LogP contribution >= 0.6 is 11.8 Å². The Labute approximate surface area is 175 Å². The third-order valence-corrected chi connectivity index (χ3v) is 5.10. The Balaban J connectivity index is 1.82. The van der Waals surface area contributed by atoms with Crippen LogP contribution in [0.4, 0.5) is 16.3 Å². The summed E-state index contributed by atoms with van der Waals surface area (Å²) in [5.41, 5.74) is 2.53. The van der Waals surface area contributed by atoms with Gasteiger partial charge in [0.25, 0.3) is 0 Å². The molecular weight excluding hydrogens is 390 g/mol. The molecule has 0 unspecified atom stereocenters. The van der Waals surface area contributed by atoms with Gasteiger partial charge in [-0.15, -0.1) is 0 Å². The molecule has 2 heterocycles. The number of aliphatic hydroxyl groups excluding tert-OH is 1. The molecule has 0 bridgehead atoms. The van der Waals surface area contributed by atoms with E-state index in [1.165, 1.54) is 0 Å². The molecule has 156 valence electrons. The highest BCUT2D eigenvalue weighted by molar-refractivity contribution is 7.97. The summed E-state index contributed by atoms with van der Waals surface area (Å²) in [6.45, 7) is 4.44. The van der Waals surface area contributed by atoms with Gasteiger partial charge in [-0.2, -0.15) is 11.8 Å². The summed E-state index contributed by atoms with van der Waals surface area (Å²) in [4.78, 5) is 23.5. The van der Waals surface area contributed by atoms with Gasteiger partial charge in [0.15, 0.2) is 5.82 Å². The predicted molar refractivity (Wildman–Crippen MR) is 116 cm³/mol. The van der Waals surface area contributed by atoms with Crippen LogP contribution in [0.15, 0.2) is 30.3 Å². The maximum atomic E-state index is 11.7. The lowest BCUT2D eigenvalue weighted by Crippen LogP contribution is -2.44. The molecule has 1 atom stereocenters. The Hall–Kier alpha value is -2.36. The van der Waals surface area contributed by atoms with E-state index in [0.29, 0.717) is 24.7 Å². The zero-order chi connectivity index (χ0) is 20.6. The number of carbonyl (C=O) groups is 1. The summed E-state index contributed by atoms with van der Waals surface area (Å²) in [7, 11) is 0. The molecule has 3 N–H and O–H groups in total. The molecule has 0 radical (unpaired) electrons. The van der Waals surface area contributed by atoms with Crippen LogP contribution in [0.2, 0.25) is 0 Å². The van der Waals surface area contributed by atoms with E-state index in [9.17, 15) is 4.79 Å². The number of benzene rings is 1. The third kappa shape index (κ3) is 5.81. The van der Waals surface area contributed by atoms with Gasteiger partial charge in [-0.1, -0.05) is 0 Å². The van der Waals surface area contributed by atoms with Crippen molar-refractivity contribution >= 4 is 29.3 Å². The summed E-state index contributed by atoms with van der Waals surface area (Å²) >= 11 is 1.72. The standard InChI is InChI=1S/C20H27N5O3S/c1-14-12-28-10-8-25(14)18-11-17(13-29-2)22-19(24-18)15-3-5-16(6-4-15)23-20(27)21-7-9-26/h3-6,11,14,26H,7-10,12-13H2,1-2H3,(H2,21,23,27)/t14-/m0/s1. The average Bonchev–Trinajstić information content (AvgIpc) is 2.73. The van der Waals surface area contributed by atoms with Crippen LogP contribution in [-0.4, -0.2) is 66.3 Å². The summed E-state index contributed by atoms with van der Waals surface area (Å²) in [5, 5.41) is 14.1. The van der Waals surface area contributed by atoms with Gasteiger partial charge < -0.3 is 25.4 Å². The molecule has 1 aliphatic rings. The number of hydrogen-bond donors (Lipinski definition) is 3. The average molecular weight is 418 g/mol. The normalized spacial score (nSPS) is 16.5. The topological polar surface area (TPSA) is 99.6 Å². The van der Waals surface area contributed by atoms with E-state index >= 15 is 0 Å². The molecular formula is C20H27N5O3S. The number of ether oxygens (including phenoxy) is 1. The highest BCUT2D eigenvalue weighted by atomic mass is 32.2. The van der Waals surface area contributed by atoms with Crippen LogP contribution < -0.4 is 15.5 Å². The molecule has 0 aliphatic carbocycles. The largest absolute Gasteiger partial charge is 0.395 e. The Kier molecular flexibility index (Phi) is 7.68. The molecule has 0 saturated carbocycles. The number of amides is 2. The van der Waals surface area contributed by atoms with Gasteiger partial charge in [-0.3, -0.25) is 0 Å². The van der Waals surface area contributed by atoms with E-state index in [1.807, 2.05) is 24.3 Å². The smallest absolute Gasteiger partial charge is 0.319 e. The molecule has 1 fully saturated rings. The predicted octanol–water partition coefficient (Wildman–Crippen LogP) is 2.35. The Morgan fingerprint density at radius 3 is 2.83 bits per heavy atom. The van der Waals surface area contributed by atoms with Crippen molar-refractivity contribution in [3.8, 4) is 11.4 Å². The van der Waals surface area contributed by atoms with E-state index in [1.54, 1.807) is 11.8 Å². The van der Waals surface area contributed by atoms with E-state index in [4.69, 9.17) is 19.8 Å². The minimum atomic E-state index is -0.353. The summed E-state index contributed by atoms with van der Waals surface area (Å²) < 4.78 is 5.55. The molecule has 2 amide bonds. The second-order valence-electron chi connectivity index (χ2n) is 6.77. The molecule has 3 rings (SSSR count). The maximum Gasteiger partial charge on any atom is 0.319 e. The molecule has 0 spiro atoms. The van der Waals surface area contributed by atoms with Crippen molar-refractivity contribution in [2.45, 2.75) is 18.7 Å². The Morgan fingerprint density at radius 1 is 1.34 bits per heavy atom. The second kappa shape index (κ2) is 10.4. The Morgan fingerprint density at radius 2 is 2.14 bits per heavy atom. The maximum absolute atomic E-state index is 11.7. The first-order valence-electron chi connectivity index (χ1n) is 9.58. The number of anilines is 2. The van der Waals surface area contributed by atoms with Crippen molar-refractivity contribution in [3.63, 3.8) is 0 Å². The van der Waals surface area contributed by atoms with Gasteiger partial charge >= 0.3 is 6.03 Å². The monoisotopic (exact) mass is 417 g/mol. The molecule has 1 aromatic carbocycles. The number of morpholine rings is 1. The number of urea groups is 1. The molecule has 1 aromatic heterocycles. The van der Waals surface area contributed by atoms with E-state index in [-0.39, 0.29) is 25.2 Å². The van der Waals surface area contributed by atoms with Crippen molar-refractivity contribution in [1.82, 2.24) is 15.3 Å². The Bertz CT molecular complexity index is 818. The van der Waals surface area contributed by atoms with Gasteiger partial charge in [0.05, 0.1) is 31.6 Å². The van der Waals surface area contributed by atoms with Crippen LogP contribution in [-0.2, 0) is 10.5 Å². The number of nitrogens with zero attached hydrogens (tertiary/aromatic N) is 3. The molecule has 1 saturated heterocycles. The highest BCUT2D eigenvalue weighted by Gasteiger charge is 2.21. The lowest BCUT2D eigenvalue weighted by molar-refractivity contribution is 0.0985. The number of rotatable bonds is 7. The number of aliphatic hydroxyl groups is 1. The number of hydrogen-bond acceptors (Lipinski definition) is 7. The minimum Gasteiger partial charge on any atom is -0.395 e. The highest BCUT2D eigenvalue weighted by Crippen LogP contribution is 2.25. The lowest BCUT2D eigenvalue weighted by atomic mass is 10.2. The zero-order valence-corrected chi connectivity index (χ0v) is 17.5. The van der Waals surface area contributed by atoms with E-state index < -0.39 is 0 Å². The quantitative estimate of drug-likeness (QED) is 0.636. The fourth-order valence-electron chi connectivity index (χ4n) is 3.10. The van der Waals surface area contributed by atoms with Gasteiger partial charge in [0.1, 0.15) is 5.82 Å². The number of thioether (sulfide) groups is 1. The van der Waals surface area contributed by atoms with Gasteiger partial charge in [-0.05, 0) is 37.4 Å². The van der Waals surface area contributed by atoms with Crippen LogP contribution in [0.5, 0.6) is 0 Å². The van der Waals surface area contributed by atoms with Crippen molar-refractivity contribution in [3.05, 3.63) is 36.0 Å². The van der Waals surface area contributed by atoms with Gasteiger partial charge in [0, 0.05) is 36.2 Å². The molecule has 8 nitrogen and oxygen atoms in total.